The summed E-state index contributed by atoms with van der Waals surface area (Å²) in [4.78, 5) is 8.26. The Labute approximate surface area is 116 Å². The van der Waals surface area contributed by atoms with Crippen molar-refractivity contribution in [1.82, 2.24) is 4.98 Å². The summed E-state index contributed by atoms with van der Waals surface area (Å²) in [7, 11) is 1.74. The van der Waals surface area contributed by atoms with Crippen molar-refractivity contribution >= 4 is 27.8 Å². The van der Waals surface area contributed by atoms with E-state index in [1.165, 1.54) is 4.88 Å². The van der Waals surface area contributed by atoms with E-state index >= 15 is 0 Å². The number of thiophene rings is 1. The van der Waals surface area contributed by atoms with Gasteiger partial charge in [-0.25, -0.2) is 4.98 Å². The summed E-state index contributed by atoms with van der Waals surface area (Å²) in [5, 5.41) is 5.32. The largest absolute Gasteiger partial charge is 0.383 e. The van der Waals surface area contributed by atoms with Crippen molar-refractivity contribution in [2.24, 2.45) is 0 Å². The molecule has 2 aromatic rings. The molecule has 2 aromatic heterocycles. The number of thiazole rings is 1. The average molecular weight is 282 g/mol. The molecule has 0 aliphatic heterocycles. The van der Waals surface area contributed by atoms with Gasteiger partial charge in [0.15, 0.2) is 5.13 Å². The third kappa shape index (κ3) is 3.31. The highest BCUT2D eigenvalue weighted by molar-refractivity contribution is 7.16. The maximum Gasteiger partial charge on any atom is 0.185 e. The van der Waals surface area contributed by atoms with Gasteiger partial charge in [0.1, 0.15) is 0 Å². The van der Waals surface area contributed by atoms with Gasteiger partial charge < -0.3 is 9.64 Å². The lowest BCUT2D eigenvalue weighted by Gasteiger charge is -2.20. The van der Waals surface area contributed by atoms with E-state index in [1.54, 1.807) is 29.8 Å². The fourth-order valence-electron chi connectivity index (χ4n) is 1.72. The minimum absolute atomic E-state index is 0.744. The molecule has 0 saturated carbocycles. The summed E-state index contributed by atoms with van der Waals surface area (Å²) in [5.41, 5.74) is 1.09. The Balaban J connectivity index is 2.10. The minimum atomic E-state index is 0.744. The molecule has 0 aliphatic carbocycles. The topological polar surface area (TPSA) is 25.4 Å². The van der Waals surface area contributed by atoms with E-state index in [2.05, 4.69) is 34.7 Å². The SMILES string of the molecule is CCCN(CCOC)c1nc(-c2cccs2)cs1. The van der Waals surface area contributed by atoms with E-state index in [9.17, 15) is 0 Å². The van der Waals surface area contributed by atoms with Gasteiger partial charge in [-0.1, -0.05) is 13.0 Å². The van der Waals surface area contributed by atoms with Crippen molar-refractivity contribution in [2.75, 3.05) is 31.7 Å². The number of anilines is 1. The Kier molecular flexibility index (Phi) is 5.16. The first-order chi connectivity index (χ1) is 8.85. The van der Waals surface area contributed by atoms with Crippen LogP contribution in [0, 0.1) is 0 Å². The van der Waals surface area contributed by atoms with Gasteiger partial charge in [-0.2, -0.15) is 0 Å². The highest BCUT2D eigenvalue weighted by atomic mass is 32.1. The van der Waals surface area contributed by atoms with Gasteiger partial charge in [0.2, 0.25) is 0 Å². The molecule has 0 atom stereocenters. The first-order valence-corrected chi connectivity index (χ1v) is 7.84. The van der Waals surface area contributed by atoms with Gasteiger partial charge in [-0.15, -0.1) is 22.7 Å². The average Bonchev–Trinajstić information content (AvgIpc) is 3.03. The third-order valence-corrected chi connectivity index (χ3v) is 4.39. The number of ether oxygens (including phenoxy) is 1. The summed E-state index contributed by atoms with van der Waals surface area (Å²) < 4.78 is 5.16. The molecule has 18 heavy (non-hydrogen) atoms. The first kappa shape index (κ1) is 13.5. The lowest BCUT2D eigenvalue weighted by Crippen LogP contribution is -2.27. The van der Waals surface area contributed by atoms with Crippen LogP contribution in [-0.4, -0.2) is 31.8 Å². The van der Waals surface area contributed by atoms with Crippen molar-refractivity contribution in [3.8, 4) is 10.6 Å². The van der Waals surface area contributed by atoms with Gasteiger partial charge in [0.25, 0.3) is 0 Å². The highest BCUT2D eigenvalue weighted by Gasteiger charge is 2.11. The van der Waals surface area contributed by atoms with Gasteiger partial charge in [0.05, 0.1) is 17.2 Å². The zero-order valence-electron chi connectivity index (χ0n) is 10.8. The Morgan fingerprint density at radius 3 is 2.89 bits per heavy atom. The second-order valence-electron chi connectivity index (χ2n) is 3.97. The number of rotatable bonds is 7. The molecule has 2 rings (SSSR count). The van der Waals surface area contributed by atoms with Crippen LogP contribution in [0.1, 0.15) is 13.3 Å². The molecule has 5 heteroatoms. The maximum absolute atomic E-state index is 5.16. The fraction of sp³-hybridized carbons (Fsp3) is 0.462. The smallest absolute Gasteiger partial charge is 0.185 e. The molecule has 0 unspecified atom stereocenters. The van der Waals surface area contributed by atoms with E-state index in [4.69, 9.17) is 9.72 Å². The van der Waals surface area contributed by atoms with Crippen LogP contribution >= 0.6 is 22.7 Å². The van der Waals surface area contributed by atoms with Gasteiger partial charge in [0, 0.05) is 25.6 Å². The summed E-state index contributed by atoms with van der Waals surface area (Å²) in [5.74, 6) is 0. The number of nitrogens with zero attached hydrogens (tertiary/aromatic N) is 2. The predicted octanol–water partition coefficient (Wildman–Crippen LogP) is 3.73. The lowest BCUT2D eigenvalue weighted by molar-refractivity contribution is 0.205. The maximum atomic E-state index is 5.16. The van der Waals surface area contributed by atoms with E-state index in [1.807, 2.05) is 0 Å². The van der Waals surface area contributed by atoms with Crippen molar-refractivity contribution in [1.29, 1.82) is 0 Å². The highest BCUT2D eigenvalue weighted by Crippen LogP contribution is 2.30. The van der Waals surface area contributed by atoms with Crippen LogP contribution in [0.5, 0.6) is 0 Å². The lowest BCUT2D eigenvalue weighted by atomic mass is 10.4. The van der Waals surface area contributed by atoms with Crippen LogP contribution in [0.15, 0.2) is 22.9 Å². The summed E-state index contributed by atoms with van der Waals surface area (Å²) >= 11 is 3.45. The van der Waals surface area contributed by atoms with Crippen LogP contribution in [-0.2, 0) is 4.74 Å². The Morgan fingerprint density at radius 2 is 2.22 bits per heavy atom. The van der Waals surface area contributed by atoms with E-state index in [-0.39, 0.29) is 0 Å². The van der Waals surface area contributed by atoms with E-state index in [0.29, 0.717) is 0 Å². The molecule has 2 heterocycles. The van der Waals surface area contributed by atoms with Crippen molar-refractivity contribution < 1.29 is 4.74 Å². The molecular formula is C13H18N2OS2. The molecule has 98 valence electrons. The summed E-state index contributed by atoms with van der Waals surface area (Å²) in [6.07, 6.45) is 1.12. The molecular weight excluding hydrogens is 264 g/mol. The van der Waals surface area contributed by atoms with Crippen molar-refractivity contribution in [2.45, 2.75) is 13.3 Å². The molecule has 0 spiro atoms. The standard InChI is InChI=1S/C13H18N2OS2/c1-3-6-15(7-8-16-2)13-14-11(10-18-13)12-5-4-9-17-12/h4-5,9-10H,3,6-8H2,1-2H3. The van der Waals surface area contributed by atoms with Crippen molar-refractivity contribution in [3.63, 3.8) is 0 Å². The molecule has 0 bridgehead atoms. The van der Waals surface area contributed by atoms with Crippen LogP contribution in [0.2, 0.25) is 0 Å². The second kappa shape index (κ2) is 6.87. The minimum Gasteiger partial charge on any atom is -0.383 e. The number of methoxy groups -OCH3 is 1. The zero-order valence-corrected chi connectivity index (χ0v) is 12.4. The molecule has 0 fully saturated rings. The van der Waals surface area contributed by atoms with E-state index < -0.39 is 0 Å². The molecule has 0 saturated heterocycles. The number of hydrogen-bond acceptors (Lipinski definition) is 5. The Morgan fingerprint density at radius 1 is 1.33 bits per heavy atom. The predicted molar refractivity (Wildman–Crippen MR) is 79.8 cm³/mol. The number of hydrogen-bond donors (Lipinski definition) is 0. The normalized spacial score (nSPS) is 10.8. The summed E-state index contributed by atoms with van der Waals surface area (Å²) in [6, 6.07) is 4.18. The third-order valence-electron chi connectivity index (χ3n) is 2.60. The quantitative estimate of drug-likeness (QED) is 0.773. The monoisotopic (exact) mass is 282 g/mol. The van der Waals surface area contributed by atoms with Gasteiger partial charge in [-0.05, 0) is 17.9 Å². The van der Waals surface area contributed by atoms with Crippen LogP contribution in [0.3, 0.4) is 0 Å². The Hall–Kier alpha value is -0.910. The zero-order chi connectivity index (χ0) is 12.8. The van der Waals surface area contributed by atoms with Crippen LogP contribution < -0.4 is 4.90 Å². The molecule has 0 N–H and O–H groups in total. The molecule has 3 nitrogen and oxygen atoms in total. The molecule has 0 radical (unpaired) electrons. The molecule has 0 amide bonds. The second-order valence-corrected chi connectivity index (χ2v) is 5.76. The number of aromatic nitrogens is 1. The Bertz CT molecular complexity index is 453. The molecule has 0 aromatic carbocycles. The van der Waals surface area contributed by atoms with E-state index in [0.717, 1.165) is 36.9 Å². The van der Waals surface area contributed by atoms with Crippen LogP contribution in [0.25, 0.3) is 10.6 Å². The van der Waals surface area contributed by atoms with Gasteiger partial charge >= 0.3 is 0 Å². The van der Waals surface area contributed by atoms with Crippen molar-refractivity contribution in [3.05, 3.63) is 22.9 Å². The summed E-state index contributed by atoms with van der Waals surface area (Å²) in [6.45, 7) is 4.87. The van der Waals surface area contributed by atoms with Crippen LogP contribution in [0.4, 0.5) is 5.13 Å². The van der Waals surface area contributed by atoms with Gasteiger partial charge in [-0.3, -0.25) is 0 Å². The molecule has 0 aliphatic rings. The first-order valence-electron chi connectivity index (χ1n) is 6.08. The fourth-order valence-corrected chi connectivity index (χ4v) is 3.36.